The van der Waals surface area contributed by atoms with E-state index in [0.717, 1.165) is 28.6 Å². The van der Waals surface area contributed by atoms with Crippen LogP contribution in [0, 0.1) is 24.0 Å². The Morgan fingerprint density at radius 3 is 2.05 bits per heavy atom. The van der Waals surface area contributed by atoms with Crippen LogP contribution in [0.25, 0.3) is 6.08 Å². The van der Waals surface area contributed by atoms with Gasteiger partial charge in [0, 0.05) is 6.08 Å². The van der Waals surface area contributed by atoms with Crippen molar-refractivity contribution in [3.63, 3.8) is 0 Å². The van der Waals surface area contributed by atoms with Gasteiger partial charge in [0.05, 0.1) is 4.92 Å². The molecule has 0 saturated heterocycles. The van der Waals surface area contributed by atoms with Crippen molar-refractivity contribution in [3.05, 3.63) is 45.1 Å². The molecule has 0 unspecified atom stereocenters. The van der Waals surface area contributed by atoms with E-state index in [1.54, 1.807) is 0 Å². The van der Waals surface area contributed by atoms with Crippen LogP contribution in [0.1, 0.15) is 37.5 Å². The van der Waals surface area contributed by atoms with Crippen molar-refractivity contribution in [1.29, 1.82) is 0 Å². The Labute approximate surface area is 128 Å². The van der Waals surface area contributed by atoms with Crippen LogP contribution in [0.4, 0.5) is 0 Å². The van der Waals surface area contributed by atoms with Gasteiger partial charge in [-0.25, -0.2) is 0 Å². The van der Waals surface area contributed by atoms with E-state index in [9.17, 15) is 10.1 Å². The summed E-state index contributed by atoms with van der Waals surface area (Å²) in [5, 5.41) is 10.5. The van der Waals surface area contributed by atoms with Gasteiger partial charge in [-0.15, -0.1) is 0 Å². The van der Waals surface area contributed by atoms with Gasteiger partial charge in [-0.1, -0.05) is 20.8 Å². The van der Waals surface area contributed by atoms with Crippen LogP contribution in [0.2, 0.25) is 18.1 Å². The zero-order chi connectivity index (χ0) is 16.4. The largest absolute Gasteiger partial charge is 0.543 e. The van der Waals surface area contributed by atoms with Crippen LogP contribution in [-0.4, -0.2) is 13.2 Å². The lowest BCUT2D eigenvalue weighted by atomic mass is 10.1. The first kappa shape index (κ1) is 17.4. The maximum Gasteiger partial charge on any atom is 0.250 e. The molecule has 0 aliphatic heterocycles. The third kappa shape index (κ3) is 4.42. The minimum atomic E-state index is -1.89. The number of hydrogen-bond acceptors (Lipinski definition) is 3. The quantitative estimate of drug-likeness (QED) is 0.450. The minimum Gasteiger partial charge on any atom is -0.543 e. The third-order valence-corrected chi connectivity index (χ3v) is 8.36. The molecule has 1 aromatic rings. The molecule has 4 nitrogen and oxygen atoms in total. The first-order chi connectivity index (χ1) is 9.44. The number of rotatable bonds is 4. The second-order valence-corrected chi connectivity index (χ2v) is 11.7. The summed E-state index contributed by atoms with van der Waals surface area (Å²) in [6, 6.07) is 3.85. The predicted molar refractivity (Wildman–Crippen MR) is 89.8 cm³/mol. The smallest absolute Gasteiger partial charge is 0.250 e. The molecule has 116 valence electrons. The number of aryl methyl sites for hydroxylation is 2. The molecular weight excluding hydrogens is 282 g/mol. The average molecular weight is 307 g/mol. The van der Waals surface area contributed by atoms with Crippen molar-refractivity contribution in [1.82, 2.24) is 0 Å². The van der Waals surface area contributed by atoms with E-state index in [-0.39, 0.29) is 5.04 Å². The molecule has 0 aliphatic carbocycles. The number of nitro groups is 1. The van der Waals surface area contributed by atoms with Crippen molar-refractivity contribution < 1.29 is 9.35 Å². The summed E-state index contributed by atoms with van der Waals surface area (Å²) in [6.07, 6.45) is 2.47. The normalized spacial score (nSPS) is 12.7. The van der Waals surface area contributed by atoms with E-state index in [1.807, 2.05) is 26.0 Å². The Morgan fingerprint density at radius 1 is 1.19 bits per heavy atom. The van der Waals surface area contributed by atoms with E-state index in [1.165, 1.54) is 6.08 Å². The van der Waals surface area contributed by atoms with Crippen LogP contribution < -0.4 is 4.43 Å². The number of hydrogen-bond donors (Lipinski definition) is 0. The average Bonchev–Trinajstić information content (AvgIpc) is 2.29. The van der Waals surface area contributed by atoms with Gasteiger partial charge in [-0.05, 0) is 60.8 Å². The Balaban J connectivity index is 3.14. The zero-order valence-corrected chi connectivity index (χ0v) is 15.0. The number of nitrogens with zero attached hydrogens (tertiary/aromatic N) is 1. The summed E-state index contributed by atoms with van der Waals surface area (Å²) in [5.41, 5.74) is 2.86. The molecule has 0 atom stereocenters. The molecule has 0 radical (unpaired) electrons. The van der Waals surface area contributed by atoms with E-state index < -0.39 is 13.2 Å². The highest BCUT2D eigenvalue weighted by atomic mass is 28.4. The van der Waals surface area contributed by atoms with E-state index in [2.05, 4.69) is 33.9 Å². The fourth-order valence-corrected chi connectivity index (χ4v) is 2.93. The zero-order valence-electron chi connectivity index (χ0n) is 14.0. The SMILES string of the molecule is Cc1cc(/C=C/[N+](=O)[O-])cc(C)c1O[Si](C)(C)C(C)(C)C. The molecule has 0 heterocycles. The lowest BCUT2D eigenvalue weighted by Crippen LogP contribution is -2.44. The fourth-order valence-electron chi connectivity index (χ4n) is 1.80. The maximum absolute atomic E-state index is 10.4. The van der Waals surface area contributed by atoms with Gasteiger partial charge in [0.15, 0.2) is 0 Å². The molecular formula is C16H25NO3Si. The van der Waals surface area contributed by atoms with Crippen LogP contribution in [0.5, 0.6) is 5.75 Å². The van der Waals surface area contributed by atoms with E-state index >= 15 is 0 Å². The first-order valence-electron chi connectivity index (χ1n) is 7.06. The highest BCUT2D eigenvalue weighted by Crippen LogP contribution is 2.39. The van der Waals surface area contributed by atoms with Gasteiger partial charge >= 0.3 is 0 Å². The van der Waals surface area contributed by atoms with Crippen molar-refractivity contribution >= 4 is 14.4 Å². The highest BCUT2D eigenvalue weighted by molar-refractivity contribution is 6.74. The maximum atomic E-state index is 10.4. The van der Waals surface area contributed by atoms with E-state index in [0.29, 0.717) is 0 Å². The summed E-state index contributed by atoms with van der Waals surface area (Å²) in [7, 11) is -1.89. The molecule has 5 heteroatoms. The Hall–Kier alpha value is -1.62. The summed E-state index contributed by atoms with van der Waals surface area (Å²) < 4.78 is 6.39. The molecule has 1 rings (SSSR count). The molecule has 1 aromatic carbocycles. The molecule has 0 amide bonds. The topological polar surface area (TPSA) is 52.4 Å². The second-order valence-electron chi connectivity index (χ2n) is 6.95. The minimum absolute atomic E-state index is 0.135. The van der Waals surface area contributed by atoms with Gasteiger partial charge in [-0.3, -0.25) is 10.1 Å². The Bertz CT molecular complexity index is 548. The molecule has 0 aliphatic rings. The summed E-state index contributed by atoms with van der Waals surface area (Å²) >= 11 is 0. The molecule has 0 spiro atoms. The molecule has 0 bridgehead atoms. The molecule has 21 heavy (non-hydrogen) atoms. The predicted octanol–water partition coefficient (Wildman–Crippen LogP) is 4.93. The lowest BCUT2D eigenvalue weighted by molar-refractivity contribution is -0.400. The van der Waals surface area contributed by atoms with Gasteiger partial charge in [0.2, 0.25) is 6.20 Å². The lowest BCUT2D eigenvalue weighted by Gasteiger charge is -2.37. The molecule has 0 N–H and O–H groups in total. The van der Waals surface area contributed by atoms with Crippen LogP contribution in [0.3, 0.4) is 0 Å². The monoisotopic (exact) mass is 307 g/mol. The van der Waals surface area contributed by atoms with Gasteiger partial charge < -0.3 is 4.43 Å². The molecule has 0 fully saturated rings. The Kier molecular flexibility index (Phi) is 4.99. The van der Waals surface area contributed by atoms with Gasteiger partial charge in [0.25, 0.3) is 8.32 Å². The third-order valence-electron chi connectivity index (χ3n) is 4.03. The van der Waals surface area contributed by atoms with E-state index in [4.69, 9.17) is 4.43 Å². The molecule has 0 aromatic heterocycles. The number of benzene rings is 1. The second kappa shape index (κ2) is 6.01. The van der Waals surface area contributed by atoms with Crippen LogP contribution in [0.15, 0.2) is 18.3 Å². The van der Waals surface area contributed by atoms with Crippen molar-refractivity contribution in [2.75, 3.05) is 0 Å². The van der Waals surface area contributed by atoms with Gasteiger partial charge in [0.1, 0.15) is 5.75 Å². The van der Waals surface area contributed by atoms with Crippen LogP contribution >= 0.6 is 0 Å². The summed E-state index contributed by atoms with van der Waals surface area (Å²) in [4.78, 5) is 9.95. The van der Waals surface area contributed by atoms with Crippen molar-refractivity contribution in [2.45, 2.75) is 52.8 Å². The van der Waals surface area contributed by atoms with Crippen LogP contribution in [-0.2, 0) is 0 Å². The van der Waals surface area contributed by atoms with Crippen molar-refractivity contribution in [2.24, 2.45) is 0 Å². The Morgan fingerprint density at radius 2 is 1.67 bits per heavy atom. The van der Waals surface area contributed by atoms with Crippen molar-refractivity contribution in [3.8, 4) is 5.75 Å². The molecule has 0 saturated carbocycles. The summed E-state index contributed by atoms with van der Waals surface area (Å²) in [6.45, 7) is 15.0. The summed E-state index contributed by atoms with van der Waals surface area (Å²) in [5.74, 6) is 0.917. The van der Waals surface area contributed by atoms with Gasteiger partial charge in [-0.2, -0.15) is 0 Å². The fraction of sp³-hybridized carbons (Fsp3) is 0.500. The first-order valence-corrected chi connectivity index (χ1v) is 9.97. The standard InChI is InChI=1S/C16H25NO3Si/c1-12-10-14(8-9-17(18)19)11-13(2)15(12)20-21(6,7)16(3,4)5/h8-11H,1-7H3/b9-8+. The highest BCUT2D eigenvalue weighted by Gasteiger charge is 2.39.